The van der Waals surface area contributed by atoms with E-state index in [-0.39, 0.29) is 18.0 Å². The molecule has 0 atom stereocenters. The van der Waals surface area contributed by atoms with Gasteiger partial charge in [0.2, 0.25) is 5.91 Å². The van der Waals surface area contributed by atoms with Gasteiger partial charge in [0.25, 0.3) is 5.56 Å². The van der Waals surface area contributed by atoms with Crippen LogP contribution in [-0.2, 0) is 31.2 Å². The monoisotopic (exact) mass is 337 g/mol. The van der Waals surface area contributed by atoms with E-state index in [4.69, 9.17) is 0 Å². The number of aromatic nitrogens is 2. The average Bonchev–Trinajstić information content (AvgIpc) is 2.94. The third-order valence-electron chi connectivity index (χ3n) is 4.23. The number of fused-ring (bicyclic) bond motifs is 3. The number of amides is 1. The van der Waals surface area contributed by atoms with Crippen molar-refractivity contribution in [1.29, 1.82) is 0 Å². The molecule has 0 saturated heterocycles. The van der Waals surface area contributed by atoms with Gasteiger partial charge in [-0.25, -0.2) is 4.79 Å². The van der Waals surface area contributed by atoms with Crippen molar-refractivity contribution in [3.8, 4) is 0 Å². The SMILES string of the molecule is Cn1c(=O)n(CC(=O)NCC[NH3+])c(=O)c2c3c(sc21)CCCC3. The quantitative estimate of drug-likeness (QED) is 0.748. The first-order valence-electron chi connectivity index (χ1n) is 7.84. The van der Waals surface area contributed by atoms with Gasteiger partial charge in [-0.05, 0) is 31.2 Å². The number of carbonyl (C=O) groups is 1. The number of nitrogens with one attached hydrogen (secondary N) is 1. The van der Waals surface area contributed by atoms with Crippen molar-refractivity contribution in [3.05, 3.63) is 31.3 Å². The van der Waals surface area contributed by atoms with E-state index in [1.165, 1.54) is 20.8 Å². The normalized spacial score (nSPS) is 14.0. The van der Waals surface area contributed by atoms with Crippen molar-refractivity contribution in [2.24, 2.45) is 7.05 Å². The summed E-state index contributed by atoms with van der Waals surface area (Å²) in [5, 5.41) is 3.27. The molecule has 2 aromatic rings. The van der Waals surface area contributed by atoms with Crippen LogP contribution in [0.5, 0.6) is 0 Å². The number of hydrogen-bond donors (Lipinski definition) is 2. The largest absolute Gasteiger partial charge is 0.356 e. The average molecular weight is 337 g/mol. The molecule has 8 heteroatoms. The van der Waals surface area contributed by atoms with Crippen LogP contribution in [0.1, 0.15) is 23.3 Å². The summed E-state index contributed by atoms with van der Waals surface area (Å²) >= 11 is 1.54. The van der Waals surface area contributed by atoms with Gasteiger partial charge in [-0.1, -0.05) is 0 Å². The van der Waals surface area contributed by atoms with E-state index in [2.05, 4.69) is 11.1 Å². The Bertz CT molecular complexity index is 877. The van der Waals surface area contributed by atoms with Crippen LogP contribution in [0.15, 0.2) is 9.59 Å². The lowest BCUT2D eigenvalue weighted by Crippen LogP contribution is -2.55. The van der Waals surface area contributed by atoms with Crippen molar-refractivity contribution in [2.45, 2.75) is 32.2 Å². The molecule has 23 heavy (non-hydrogen) atoms. The van der Waals surface area contributed by atoms with Crippen LogP contribution in [0.2, 0.25) is 0 Å². The van der Waals surface area contributed by atoms with E-state index >= 15 is 0 Å². The van der Waals surface area contributed by atoms with Crippen LogP contribution in [0.3, 0.4) is 0 Å². The third-order valence-corrected chi connectivity index (χ3v) is 5.60. The van der Waals surface area contributed by atoms with E-state index in [9.17, 15) is 14.4 Å². The number of nitrogens with zero attached hydrogens (tertiary/aromatic N) is 2. The summed E-state index contributed by atoms with van der Waals surface area (Å²) in [6, 6.07) is 0. The fourth-order valence-corrected chi connectivity index (χ4v) is 4.40. The van der Waals surface area contributed by atoms with Crippen molar-refractivity contribution in [1.82, 2.24) is 14.5 Å². The van der Waals surface area contributed by atoms with E-state index in [1.54, 1.807) is 7.05 Å². The molecular formula is C15H21N4O3S+. The zero-order chi connectivity index (χ0) is 16.6. The van der Waals surface area contributed by atoms with Crippen molar-refractivity contribution >= 4 is 27.5 Å². The Morgan fingerprint density at radius 1 is 1.30 bits per heavy atom. The molecule has 0 aromatic carbocycles. The van der Waals surface area contributed by atoms with Crippen molar-refractivity contribution in [2.75, 3.05) is 13.1 Å². The first-order chi connectivity index (χ1) is 11.0. The lowest BCUT2D eigenvalue weighted by atomic mass is 9.97. The molecule has 124 valence electrons. The molecule has 0 unspecified atom stereocenters. The van der Waals surface area contributed by atoms with Gasteiger partial charge in [-0.3, -0.25) is 18.7 Å². The Hall–Kier alpha value is -1.93. The second-order valence-electron chi connectivity index (χ2n) is 5.83. The van der Waals surface area contributed by atoms with E-state index in [1.807, 2.05) is 0 Å². The number of rotatable bonds is 4. The van der Waals surface area contributed by atoms with Gasteiger partial charge in [0.1, 0.15) is 11.4 Å². The van der Waals surface area contributed by atoms with Gasteiger partial charge in [0.05, 0.1) is 18.5 Å². The zero-order valence-corrected chi connectivity index (χ0v) is 14.0. The second-order valence-corrected chi connectivity index (χ2v) is 6.91. The fourth-order valence-electron chi connectivity index (χ4n) is 3.06. The minimum Gasteiger partial charge on any atom is -0.356 e. The molecule has 0 saturated carbocycles. The highest BCUT2D eigenvalue weighted by Crippen LogP contribution is 2.33. The van der Waals surface area contributed by atoms with Gasteiger partial charge in [0.15, 0.2) is 0 Å². The van der Waals surface area contributed by atoms with Crippen LogP contribution < -0.4 is 22.3 Å². The highest BCUT2D eigenvalue weighted by Gasteiger charge is 2.23. The van der Waals surface area contributed by atoms with Gasteiger partial charge in [0, 0.05) is 11.9 Å². The Labute approximate surface area is 136 Å². The highest BCUT2D eigenvalue weighted by molar-refractivity contribution is 7.18. The van der Waals surface area contributed by atoms with Crippen LogP contribution in [-0.4, -0.2) is 28.1 Å². The maximum absolute atomic E-state index is 12.8. The molecule has 3 rings (SSSR count). The number of aryl methyl sites for hydroxylation is 3. The smallest absolute Gasteiger partial charge is 0.332 e. The molecule has 1 aliphatic carbocycles. The van der Waals surface area contributed by atoms with Crippen molar-refractivity contribution in [3.63, 3.8) is 0 Å². The summed E-state index contributed by atoms with van der Waals surface area (Å²) in [6.07, 6.45) is 4.02. The lowest BCUT2D eigenvalue weighted by Gasteiger charge is -2.11. The molecule has 1 aliphatic rings. The number of quaternary nitrogens is 1. The first-order valence-corrected chi connectivity index (χ1v) is 8.66. The Morgan fingerprint density at radius 2 is 2.04 bits per heavy atom. The predicted octanol–water partition coefficient (Wildman–Crippen LogP) is -1.00. The molecule has 0 spiro atoms. The van der Waals surface area contributed by atoms with Gasteiger partial charge in [-0.2, -0.15) is 0 Å². The van der Waals surface area contributed by atoms with E-state index < -0.39 is 5.69 Å². The molecule has 4 N–H and O–H groups in total. The highest BCUT2D eigenvalue weighted by atomic mass is 32.1. The molecule has 0 aliphatic heterocycles. The molecular weight excluding hydrogens is 316 g/mol. The molecule has 0 radical (unpaired) electrons. The molecule has 0 fully saturated rings. The molecule has 2 heterocycles. The maximum Gasteiger partial charge on any atom is 0.332 e. The maximum atomic E-state index is 12.8. The number of carbonyl (C=O) groups excluding carboxylic acids is 1. The number of hydrogen-bond acceptors (Lipinski definition) is 4. The van der Waals surface area contributed by atoms with Gasteiger partial charge in [-0.15, -0.1) is 11.3 Å². The molecule has 0 bridgehead atoms. The Balaban J connectivity index is 2.14. The van der Waals surface area contributed by atoms with Crippen LogP contribution in [0.25, 0.3) is 10.2 Å². The summed E-state index contributed by atoms with van der Waals surface area (Å²) in [7, 11) is 1.66. The van der Waals surface area contributed by atoms with Crippen LogP contribution in [0.4, 0.5) is 0 Å². The summed E-state index contributed by atoms with van der Waals surface area (Å²) in [4.78, 5) is 39.1. The Kier molecular flexibility index (Phi) is 4.36. The topological polar surface area (TPSA) is 101 Å². The first kappa shape index (κ1) is 15.9. The summed E-state index contributed by atoms with van der Waals surface area (Å²) in [5.41, 5.74) is 3.94. The number of thiophene rings is 1. The molecule has 7 nitrogen and oxygen atoms in total. The fraction of sp³-hybridized carbons (Fsp3) is 0.533. The molecule has 1 amide bonds. The zero-order valence-electron chi connectivity index (χ0n) is 13.2. The van der Waals surface area contributed by atoms with Crippen LogP contribution >= 0.6 is 11.3 Å². The van der Waals surface area contributed by atoms with E-state index in [0.29, 0.717) is 18.5 Å². The standard InChI is InChI=1S/C15H20N4O3S/c1-18-14-12(9-4-2-3-5-10(9)23-14)13(21)19(15(18)22)8-11(20)17-7-6-16/h2-8,16H2,1H3,(H,17,20)/p+1. The minimum atomic E-state index is -0.439. The Morgan fingerprint density at radius 3 is 2.78 bits per heavy atom. The lowest BCUT2D eigenvalue weighted by molar-refractivity contribution is -0.364. The molecule has 2 aromatic heterocycles. The van der Waals surface area contributed by atoms with Crippen LogP contribution in [0, 0.1) is 0 Å². The summed E-state index contributed by atoms with van der Waals surface area (Å²) < 4.78 is 2.54. The van der Waals surface area contributed by atoms with Crippen molar-refractivity contribution < 1.29 is 10.5 Å². The second kappa shape index (κ2) is 6.29. The third kappa shape index (κ3) is 2.72. The predicted molar refractivity (Wildman–Crippen MR) is 88.7 cm³/mol. The minimum absolute atomic E-state index is 0.244. The van der Waals surface area contributed by atoms with E-state index in [0.717, 1.165) is 40.6 Å². The van der Waals surface area contributed by atoms with Gasteiger partial charge < -0.3 is 11.1 Å². The van der Waals surface area contributed by atoms with Gasteiger partial charge >= 0.3 is 5.69 Å². The summed E-state index contributed by atoms with van der Waals surface area (Å²) in [5.74, 6) is -0.337. The summed E-state index contributed by atoms with van der Waals surface area (Å²) in [6.45, 7) is 0.756.